The molecule has 1 aliphatic carbocycles. The standard InChI is InChI=1S/C20H28N2O2/c1-12-19(21)17-11-16(14-7-9-24-10-8-14)5-6-18(17)22(13(2)23)20(12)15-3-4-15/h5-7,11-13,15,19-20,23H,3-4,8-10,21H2,1-2H3/t12-,13?,19-,20?/m1/s1. The number of ether oxygens (including phenoxy) is 1. The van der Waals surface area contributed by atoms with Gasteiger partial charge in [0.2, 0.25) is 0 Å². The van der Waals surface area contributed by atoms with Crippen LogP contribution in [0.5, 0.6) is 0 Å². The molecule has 4 rings (SSSR count). The SMILES string of the molecule is CC(O)N1c2ccc(C3=CCOCC3)cc2[C@H](N)[C@@H](C)C1C1CC1. The Bertz CT molecular complexity index is 651. The van der Waals surface area contributed by atoms with Crippen molar-refractivity contribution in [3.63, 3.8) is 0 Å². The highest BCUT2D eigenvalue weighted by Gasteiger charge is 2.46. The van der Waals surface area contributed by atoms with E-state index in [1.807, 2.05) is 6.92 Å². The van der Waals surface area contributed by atoms with Crippen LogP contribution < -0.4 is 10.6 Å². The first-order valence-corrected chi connectivity index (χ1v) is 9.21. The van der Waals surface area contributed by atoms with Crippen LogP contribution in [-0.2, 0) is 4.74 Å². The van der Waals surface area contributed by atoms with Gasteiger partial charge in [-0.2, -0.15) is 0 Å². The zero-order valence-corrected chi connectivity index (χ0v) is 14.6. The summed E-state index contributed by atoms with van der Waals surface area (Å²) >= 11 is 0. The van der Waals surface area contributed by atoms with E-state index in [0.717, 1.165) is 18.7 Å². The summed E-state index contributed by atoms with van der Waals surface area (Å²) in [6.07, 6.45) is 5.14. The van der Waals surface area contributed by atoms with E-state index in [0.29, 0.717) is 24.5 Å². The molecule has 0 bridgehead atoms. The first kappa shape index (κ1) is 16.1. The fourth-order valence-corrected chi connectivity index (χ4v) is 4.50. The van der Waals surface area contributed by atoms with Crippen LogP contribution in [0.2, 0.25) is 0 Å². The molecule has 2 unspecified atom stereocenters. The van der Waals surface area contributed by atoms with Crippen LogP contribution in [0.25, 0.3) is 5.57 Å². The third-order valence-corrected chi connectivity index (χ3v) is 5.93. The Morgan fingerprint density at radius 2 is 2.12 bits per heavy atom. The number of nitrogens with zero attached hydrogens (tertiary/aromatic N) is 1. The molecule has 130 valence electrons. The van der Waals surface area contributed by atoms with Crippen molar-refractivity contribution in [1.29, 1.82) is 0 Å². The molecule has 1 aromatic carbocycles. The number of rotatable bonds is 3. The number of anilines is 1. The van der Waals surface area contributed by atoms with E-state index in [1.165, 1.54) is 29.5 Å². The molecule has 0 spiro atoms. The van der Waals surface area contributed by atoms with Crippen molar-refractivity contribution in [1.82, 2.24) is 0 Å². The van der Waals surface area contributed by atoms with E-state index in [-0.39, 0.29) is 6.04 Å². The van der Waals surface area contributed by atoms with Crippen LogP contribution in [0.3, 0.4) is 0 Å². The van der Waals surface area contributed by atoms with E-state index in [2.05, 4.69) is 36.1 Å². The Balaban J connectivity index is 1.76. The van der Waals surface area contributed by atoms with Crippen molar-refractivity contribution < 1.29 is 9.84 Å². The molecule has 3 N–H and O–H groups in total. The van der Waals surface area contributed by atoms with Crippen LogP contribution in [0.1, 0.15) is 50.3 Å². The second-order valence-electron chi connectivity index (χ2n) is 7.58. The van der Waals surface area contributed by atoms with E-state index in [1.54, 1.807) is 0 Å². The zero-order chi connectivity index (χ0) is 16.8. The van der Waals surface area contributed by atoms with Gasteiger partial charge in [0.05, 0.1) is 13.2 Å². The number of hydrogen-bond donors (Lipinski definition) is 2. The Morgan fingerprint density at radius 1 is 1.33 bits per heavy atom. The predicted octanol–water partition coefficient (Wildman–Crippen LogP) is 3.06. The van der Waals surface area contributed by atoms with Crippen molar-refractivity contribution in [2.24, 2.45) is 17.6 Å². The summed E-state index contributed by atoms with van der Waals surface area (Å²) in [7, 11) is 0. The number of aliphatic hydroxyl groups excluding tert-OH is 1. The molecule has 4 heteroatoms. The van der Waals surface area contributed by atoms with E-state index in [9.17, 15) is 5.11 Å². The summed E-state index contributed by atoms with van der Waals surface area (Å²) in [4.78, 5) is 2.21. The third-order valence-electron chi connectivity index (χ3n) is 5.93. The number of aliphatic hydroxyl groups is 1. The molecule has 2 heterocycles. The third kappa shape index (κ3) is 2.67. The maximum Gasteiger partial charge on any atom is 0.124 e. The molecule has 2 aliphatic heterocycles. The van der Waals surface area contributed by atoms with Gasteiger partial charge in [-0.25, -0.2) is 0 Å². The molecule has 24 heavy (non-hydrogen) atoms. The number of nitrogens with two attached hydrogens (primary N) is 1. The average molecular weight is 328 g/mol. The zero-order valence-electron chi connectivity index (χ0n) is 14.6. The van der Waals surface area contributed by atoms with Gasteiger partial charge in [0.25, 0.3) is 0 Å². The molecule has 0 aromatic heterocycles. The highest BCUT2D eigenvalue weighted by atomic mass is 16.5. The molecule has 0 radical (unpaired) electrons. The van der Waals surface area contributed by atoms with Gasteiger partial charge in [-0.15, -0.1) is 0 Å². The predicted molar refractivity (Wildman–Crippen MR) is 96.6 cm³/mol. The van der Waals surface area contributed by atoms with Crippen LogP contribution in [-0.4, -0.2) is 30.6 Å². The maximum atomic E-state index is 10.5. The van der Waals surface area contributed by atoms with Crippen molar-refractivity contribution in [3.8, 4) is 0 Å². The molecular formula is C20H28N2O2. The van der Waals surface area contributed by atoms with E-state index < -0.39 is 6.23 Å². The van der Waals surface area contributed by atoms with Gasteiger partial charge in [-0.1, -0.05) is 19.1 Å². The molecule has 1 saturated carbocycles. The highest BCUT2D eigenvalue weighted by molar-refractivity contribution is 5.71. The van der Waals surface area contributed by atoms with Crippen LogP contribution in [0.4, 0.5) is 5.69 Å². The first-order valence-electron chi connectivity index (χ1n) is 9.21. The van der Waals surface area contributed by atoms with Crippen molar-refractivity contribution in [3.05, 3.63) is 35.4 Å². The van der Waals surface area contributed by atoms with Gasteiger partial charge in [0, 0.05) is 17.8 Å². The molecule has 1 aromatic rings. The van der Waals surface area contributed by atoms with Crippen molar-refractivity contribution >= 4 is 11.3 Å². The van der Waals surface area contributed by atoms with Gasteiger partial charge in [-0.3, -0.25) is 0 Å². The van der Waals surface area contributed by atoms with Gasteiger partial charge < -0.3 is 20.5 Å². The number of hydrogen-bond acceptors (Lipinski definition) is 4. The molecule has 0 amide bonds. The normalized spacial score (nSPS) is 31.4. The van der Waals surface area contributed by atoms with E-state index in [4.69, 9.17) is 10.5 Å². The summed E-state index contributed by atoms with van der Waals surface area (Å²) in [5.41, 5.74) is 11.5. The van der Waals surface area contributed by atoms with Gasteiger partial charge >= 0.3 is 0 Å². The van der Waals surface area contributed by atoms with Gasteiger partial charge in [0.1, 0.15) is 6.23 Å². The smallest absolute Gasteiger partial charge is 0.124 e. The molecule has 0 saturated heterocycles. The first-order chi connectivity index (χ1) is 11.6. The summed E-state index contributed by atoms with van der Waals surface area (Å²) in [6, 6.07) is 6.96. The van der Waals surface area contributed by atoms with Gasteiger partial charge in [-0.05, 0) is 66.9 Å². The minimum Gasteiger partial charge on any atom is -0.377 e. The van der Waals surface area contributed by atoms with Crippen molar-refractivity contribution in [2.45, 2.75) is 51.4 Å². The second kappa shape index (κ2) is 6.17. The lowest BCUT2D eigenvalue weighted by molar-refractivity contribution is 0.149. The lowest BCUT2D eigenvalue weighted by Gasteiger charge is -2.47. The Hall–Kier alpha value is -1.36. The average Bonchev–Trinajstić information content (AvgIpc) is 3.42. The fourth-order valence-electron chi connectivity index (χ4n) is 4.50. The minimum atomic E-state index is -0.488. The van der Waals surface area contributed by atoms with E-state index >= 15 is 0 Å². The number of benzene rings is 1. The van der Waals surface area contributed by atoms with Gasteiger partial charge in [0.15, 0.2) is 0 Å². The van der Waals surface area contributed by atoms with Crippen LogP contribution in [0, 0.1) is 11.8 Å². The Labute approximate surface area is 144 Å². The topological polar surface area (TPSA) is 58.7 Å². The minimum absolute atomic E-state index is 0.0287. The summed E-state index contributed by atoms with van der Waals surface area (Å²) in [6.45, 7) is 5.59. The Kier molecular flexibility index (Phi) is 4.15. The monoisotopic (exact) mass is 328 g/mol. The molecule has 3 aliphatic rings. The summed E-state index contributed by atoms with van der Waals surface area (Å²) in [5, 5.41) is 10.5. The Morgan fingerprint density at radius 3 is 2.75 bits per heavy atom. The van der Waals surface area contributed by atoms with Crippen LogP contribution in [0.15, 0.2) is 24.3 Å². The highest BCUT2D eigenvalue weighted by Crippen LogP contribution is 2.49. The lowest BCUT2D eigenvalue weighted by Crippen LogP contribution is -2.53. The lowest BCUT2D eigenvalue weighted by atomic mass is 9.79. The quantitative estimate of drug-likeness (QED) is 0.895. The maximum absolute atomic E-state index is 10.5. The summed E-state index contributed by atoms with van der Waals surface area (Å²) < 4.78 is 5.43. The molecule has 1 fully saturated rings. The molecule has 4 nitrogen and oxygen atoms in total. The molecule has 4 atom stereocenters. The summed E-state index contributed by atoms with van der Waals surface area (Å²) in [5.74, 6) is 1.02. The largest absolute Gasteiger partial charge is 0.377 e. The number of fused-ring (bicyclic) bond motifs is 1. The van der Waals surface area contributed by atoms with Crippen molar-refractivity contribution in [2.75, 3.05) is 18.1 Å². The second-order valence-corrected chi connectivity index (χ2v) is 7.58. The molecular weight excluding hydrogens is 300 g/mol. The fraction of sp³-hybridized carbons (Fsp3) is 0.600. The van der Waals surface area contributed by atoms with Crippen LogP contribution >= 0.6 is 0 Å².